The number of carbonyl (C=O) groups is 1. The maximum Gasteiger partial charge on any atom is 0.304 e. The minimum atomic E-state index is -0.799. The van der Waals surface area contributed by atoms with Gasteiger partial charge in [0.1, 0.15) is 0 Å². The lowest BCUT2D eigenvalue weighted by atomic mass is 10.0. The zero-order valence-corrected chi connectivity index (χ0v) is 17.7. The highest BCUT2D eigenvalue weighted by Gasteiger charge is 2.02. The van der Waals surface area contributed by atoms with Gasteiger partial charge in [-0.25, -0.2) is 0 Å². The van der Waals surface area contributed by atoms with Crippen LogP contribution in [0.5, 0.6) is 0 Å². The van der Waals surface area contributed by atoms with Crippen molar-refractivity contribution in [1.29, 1.82) is 0 Å². The SMILES string of the molecule is C=C(NOCc1ccc(-c2ccc(C)cc2)cc1)c1ccc(CNCCC(=O)O)cc1. The van der Waals surface area contributed by atoms with Crippen LogP contribution < -0.4 is 10.8 Å². The summed E-state index contributed by atoms with van der Waals surface area (Å²) in [4.78, 5) is 16.1. The minimum Gasteiger partial charge on any atom is -0.481 e. The summed E-state index contributed by atoms with van der Waals surface area (Å²) in [6.07, 6.45) is 0.116. The summed E-state index contributed by atoms with van der Waals surface area (Å²) in [5.41, 5.74) is 10.3. The second kappa shape index (κ2) is 11.1. The van der Waals surface area contributed by atoms with Crippen molar-refractivity contribution in [3.8, 4) is 11.1 Å². The van der Waals surface area contributed by atoms with Crippen LogP contribution in [-0.4, -0.2) is 17.6 Å². The molecule has 0 heterocycles. The number of aliphatic carboxylic acids is 1. The van der Waals surface area contributed by atoms with Crippen molar-refractivity contribution in [3.63, 3.8) is 0 Å². The van der Waals surface area contributed by atoms with E-state index in [-0.39, 0.29) is 6.42 Å². The maximum absolute atomic E-state index is 10.5. The molecule has 0 aliphatic heterocycles. The molecule has 0 aromatic heterocycles. The quantitative estimate of drug-likeness (QED) is 0.306. The van der Waals surface area contributed by atoms with Crippen LogP contribution in [0, 0.1) is 6.92 Å². The first kappa shape index (κ1) is 22.3. The van der Waals surface area contributed by atoms with E-state index in [0.717, 1.165) is 16.7 Å². The highest BCUT2D eigenvalue weighted by molar-refractivity contribution is 5.67. The van der Waals surface area contributed by atoms with Crippen molar-refractivity contribution >= 4 is 11.7 Å². The highest BCUT2D eigenvalue weighted by atomic mass is 16.6. The molecule has 31 heavy (non-hydrogen) atoms. The van der Waals surface area contributed by atoms with Crippen LogP contribution in [0.4, 0.5) is 0 Å². The molecule has 5 heteroatoms. The Morgan fingerprint density at radius 1 is 0.903 bits per heavy atom. The van der Waals surface area contributed by atoms with Gasteiger partial charge in [0.15, 0.2) is 0 Å². The molecular weight excluding hydrogens is 388 g/mol. The molecule has 0 bridgehead atoms. The van der Waals surface area contributed by atoms with Crippen LogP contribution >= 0.6 is 0 Å². The summed E-state index contributed by atoms with van der Waals surface area (Å²) in [5, 5.41) is 11.8. The fourth-order valence-corrected chi connectivity index (χ4v) is 3.06. The molecule has 3 aromatic rings. The van der Waals surface area contributed by atoms with Crippen LogP contribution in [0.3, 0.4) is 0 Å². The number of carboxylic acid groups (broad SMARTS) is 1. The van der Waals surface area contributed by atoms with Gasteiger partial charge in [0.25, 0.3) is 0 Å². The van der Waals surface area contributed by atoms with Crippen molar-refractivity contribution < 1.29 is 14.7 Å². The molecule has 160 valence electrons. The Morgan fingerprint density at radius 2 is 1.48 bits per heavy atom. The van der Waals surface area contributed by atoms with Crippen molar-refractivity contribution in [2.75, 3.05) is 6.54 Å². The molecule has 3 rings (SSSR count). The lowest BCUT2D eigenvalue weighted by molar-refractivity contribution is -0.136. The van der Waals surface area contributed by atoms with Gasteiger partial charge in [-0.05, 0) is 34.7 Å². The smallest absolute Gasteiger partial charge is 0.304 e. The third-order valence-corrected chi connectivity index (χ3v) is 4.92. The summed E-state index contributed by atoms with van der Waals surface area (Å²) < 4.78 is 0. The summed E-state index contributed by atoms with van der Waals surface area (Å²) in [7, 11) is 0. The standard InChI is InChI=1S/C26H28N2O3/c1-19-3-9-24(10-4-19)25-13-7-22(8-14-25)18-31-28-20(2)23-11-5-21(6-12-23)17-27-16-15-26(29)30/h3-14,27-28H,2,15-18H2,1H3,(H,29,30). The molecule has 0 atom stereocenters. The van der Waals surface area contributed by atoms with Gasteiger partial charge in [-0.3, -0.25) is 15.1 Å². The van der Waals surface area contributed by atoms with Crippen molar-refractivity contribution in [3.05, 3.63) is 102 Å². The molecule has 0 aliphatic rings. The van der Waals surface area contributed by atoms with Gasteiger partial charge in [-0.15, -0.1) is 0 Å². The van der Waals surface area contributed by atoms with E-state index in [0.29, 0.717) is 25.4 Å². The minimum absolute atomic E-state index is 0.116. The predicted molar refractivity (Wildman–Crippen MR) is 124 cm³/mol. The van der Waals surface area contributed by atoms with Gasteiger partial charge >= 0.3 is 5.97 Å². The number of hydrogen-bond acceptors (Lipinski definition) is 4. The van der Waals surface area contributed by atoms with Crippen LogP contribution in [0.1, 0.15) is 28.7 Å². The fourth-order valence-electron chi connectivity index (χ4n) is 3.06. The monoisotopic (exact) mass is 416 g/mol. The number of carboxylic acids is 1. The number of hydrogen-bond donors (Lipinski definition) is 3. The molecule has 3 aromatic carbocycles. The van der Waals surface area contributed by atoms with Crippen LogP contribution in [0.2, 0.25) is 0 Å². The van der Waals surface area contributed by atoms with Crippen molar-refractivity contribution in [2.45, 2.75) is 26.5 Å². The van der Waals surface area contributed by atoms with E-state index in [4.69, 9.17) is 9.94 Å². The lowest BCUT2D eigenvalue weighted by Gasteiger charge is -2.11. The molecule has 3 N–H and O–H groups in total. The number of rotatable bonds is 11. The number of benzene rings is 3. The predicted octanol–water partition coefficient (Wildman–Crippen LogP) is 4.92. The second-order valence-electron chi connectivity index (χ2n) is 7.45. The van der Waals surface area contributed by atoms with Gasteiger partial charge in [0.05, 0.1) is 18.7 Å². The Kier molecular flexibility index (Phi) is 7.98. The maximum atomic E-state index is 10.5. The summed E-state index contributed by atoms with van der Waals surface area (Å²) in [6, 6.07) is 24.7. The molecule has 0 fully saturated rings. The Labute approximate surface area is 183 Å². The van der Waals surface area contributed by atoms with E-state index in [1.54, 1.807) is 0 Å². The molecule has 0 amide bonds. The van der Waals surface area contributed by atoms with Gasteiger partial charge < -0.3 is 10.4 Å². The third kappa shape index (κ3) is 7.10. The number of hydroxylamine groups is 1. The normalized spacial score (nSPS) is 10.6. The number of nitrogens with one attached hydrogen (secondary N) is 2. The molecule has 0 spiro atoms. The van der Waals surface area contributed by atoms with E-state index >= 15 is 0 Å². The van der Waals surface area contributed by atoms with E-state index in [1.807, 2.05) is 24.3 Å². The number of aryl methyl sites for hydroxylation is 1. The first-order valence-corrected chi connectivity index (χ1v) is 10.3. The Morgan fingerprint density at radius 3 is 2.10 bits per heavy atom. The van der Waals surface area contributed by atoms with E-state index in [1.165, 1.54) is 16.7 Å². The Bertz CT molecular complexity index is 994. The van der Waals surface area contributed by atoms with Gasteiger partial charge in [0, 0.05) is 13.1 Å². The average Bonchev–Trinajstić information content (AvgIpc) is 2.78. The van der Waals surface area contributed by atoms with Crippen LogP contribution in [0.25, 0.3) is 16.8 Å². The van der Waals surface area contributed by atoms with Crippen molar-refractivity contribution in [2.24, 2.45) is 0 Å². The molecule has 0 radical (unpaired) electrons. The molecule has 0 aliphatic carbocycles. The molecule has 0 saturated heterocycles. The van der Waals surface area contributed by atoms with E-state index in [2.05, 4.69) is 72.8 Å². The lowest BCUT2D eigenvalue weighted by Crippen LogP contribution is -2.17. The van der Waals surface area contributed by atoms with Gasteiger partial charge in [-0.2, -0.15) is 0 Å². The van der Waals surface area contributed by atoms with Crippen molar-refractivity contribution in [1.82, 2.24) is 10.8 Å². The van der Waals surface area contributed by atoms with E-state index < -0.39 is 5.97 Å². The summed E-state index contributed by atoms with van der Waals surface area (Å²) in [6.45, 7) is 7.62. The average molecular weight is 417 g/mol. The van der Waals surface area contributed by atoms with Gasteiger partial charge in [0.2, 0.25) is 0 Å². The first-order valence-electron chi connectivity index (χ1n) is 10.3. The molecule has 5 nitrogen and oxygen atoms in total. The Balaban J connectivity index is 1.43. The molecule has 0 unspecified atom stereocenters. The van der Waals surface area contributed by atoms with Crippen LogP contribution in [0.15, 0.2) is 79.4 Å². The molecular formula is C26H28N2O3. The Hall–Kier alpha value is -3.41. The topological polar surface area (TPSA) is 70.6 Å². The van der Waals surface area contributed by atoms with Crippen LogP contribution in [-0.2, 0) is 22.8 Å². The molecule has 0 saturated carbocycles. The summed E-state index contributed by atoms with van der Waals surface area (Å²) >= 11 is 0. The zero-order valence-electron chi connectivity index (χ0n) is 17.7. The third-order valence-electron chi connectivity index (χ3n) is 4.92. The summed E-state index contributed by atoms with van der Waals surface area (Å²) in [5.74, 6) is -0.799. The second-order valence-corrected chi connectivity index (χ2v) is 7.45. The van der Waals surface area contributed by atoms with E-state index in [9.17, 15) is 4.79 Å². The fraction of sp³-hybridized carbons (Fsp3) is 0.192. The largest absolute Gasteiger partial charge is 0.481 e. The zero-order chi connectivity index (χ0) is 22.1. The van der Waals surface area contributed by atoms with Gasteiger partial charge in [-0.1, -0.05) is 84.9 Å². The highest BCUT2D eigenvalue weighted by Crippen LogP contribution is 2.20. The first-order chi connectivity index (χ1) is 15.0.